The Bertz CT molecular complexity index is 169. The Morgan fingerprint density at radius 3 is 2.75 bits per heavy atom. The second-order valence-electron chi connectivity index (χ2n) is 1.56. The van der Waals surface area contributed by atoms with Crippen LogP contribution in [0.4, 0.5) is 0 Å². The van der Waals surface area contributed by atoms with Crippen LogP contribution >= 0.6 is 0 Å². The Labute approximate surface area is 48.7 Å². The van der Waals surface area contributed by atoms with Crippen LogP contribution in [0.5, 0.6) is 5.88 Å². The summed E-state index contributed by atoms with van der Waals surface area (Å²) in [4.78, 5) is 0. The lowest BCUT2D eigenvalue weighted by atomic mass is 10.7. The van der Waals surface area contributed by atoms with Crippen LogP contribution in [0, 0.1) is 6.20 Å². The lowest BCUT2D eigenvalue weighted by molar-refractivity contribution is 0.382. The molecule has 1 aromatic heterocycles. The van der Waals surface area contributed by atoms with Gasteiger partial charge in [-0.15, -0.1) is 0 Å². The number of ether oxygens (including phenoxy) is 1. The standard InChI is InChI=1S/C6H8NO/c1-7-5-3-4-6(7)8-2/h3-4H,1-2H3. The minimum atomic E-state index is 0.838. The summed E-state index contributed by atoms with van der Waals surface area (Å²) < 4.78 is 6.71. The van der Waals surface area contributed by atoms with Gasteiger partial charge in [-0.2, -0.15) is 0 Å². The summed E-state index contributed by atoms with van der Waals surface area (Å²) in [6.07, 6.45) is 2.91. The summed E-state index contributed by atoms with van der Waals surface area (Å²) in [6.45, 7) is 0. The smallest absolute Gasteiger partial charge is 0.193 e. The molecule has 0 bridgehead atoms. The average Bonchev–Trinajstić information content (AvgIpc) is 2.14. The molecule has 1 heterocycles. The number of hydrogen-bond donors (Lipinski definition) is 0. The highest BCUT2D eigenvalue weighted by molar-refractivity contribution is 5.11. The first-order valence-corrected chi connectivity index (χ1v) is 2.42. The lowest BCUT2D eigenvalue weighted by Crippen LogP contribution is -1.90. The van der Waals surface area contributed by atoms with E-state index in [4.69, 9.17) is 4.74 Å². The highest BCUT2D eigenvalue weighted by Gasteiger charge is 1.90. The fourth-order valence-electron chi connectivity index (χ4n) is 0.601. The van der Waals surface area contributed by atoms with Crippen LogP contribution in [0.1, 0.15) is 0 Å². The number of hydrogen-bond acceptors (Lipinski definition) is 1. The van der Waals surface area contributed by atoms with Crippen LogP contribution < -0.4 is 4.74 Å². The summed E-state index contributed by atoms with van der Waals surface area (Å²) in [5.41, 5.74) is 0. The Morgan fingerprint density at radius 1 is 1.75 bits per heavy atom. The van der Waals surface area contributed by atoms with Gasteiger partial charge in [0.25, 0.3) is 0 Å². The molecular formula is C6H8NO. The van der Waals surface area contributed by atoms with Crippen molar-refractivity contribution < 1.29 is 4.74 Å². The molecule has 0 saturated heterocycles. The van der Waals surface area contributed by atoms with E-state index in [2.05, 4.69) is 6.20 Å². The molecule has 2 heteroatoms. The molecule has 0 fully saturated rings. The van der Waals surface area contributed by atoms with Gasteiger partial charge in [-0.25, -0.2) is 0 Å². The predicted octanol–water partition coefficient (Wildman–Crippen LogP) is 0.834. The number of rotatable bonds is 1. The molecule has 43 valence electrons. The van der Waals surface area contributed by atoms with E-state index in [0.717, 1.165) is 5.88 Å². The molecule has 8 heavy (non-hydrogen) atoms. The maximum Gasteiger partial charge on any atom is 0.193 e. The molecule has 2 nitrogen and oxygen atoms in total. The highest BCUT2D eigenvalue weighted by Crippen LogP contribution is 2.06. The Morgan fingerprint density at radius 2 is 2.50 bits per heavy atom. The van der Waals surface area contributed by atoms with Crippen molar-refractivity contribution in [2.45, 2.75) is 0 Å². The van der Waals surface area contributed by atoms with E-state index in [1.165, 1.54) is 0 Å². The quantitative estimate of drug-likeness (QED) is 0.522. The van der Waals surface area contributed by atoms with E-state index >= 15 is 0 Å². The van der Waals surface area contributed by atoms with Crippen LogP contribution in [0.15, 0.2) is 12.1 Å². The topological polar surface area (TPSA) is 14.2 Å². The molecule has 0 aliphatic rings. The predicted molar refractivity (Wildman–Crippen MR) is 30.8 cm³/mol. The van der Waals surface area contributed by atoms with Crippen LogP contribution in [0.3, 0.4) is 0 Å². The highest BCUT2D eigenvalue weighted by atomic mass is 16.5. The molecule has 0 aliphatic heterocycles. The third kappa shape index (κ3) is 0.689. The zero-order valence-corrected chi connectivity index (χ0v) is 5.01. The Balaban J connectivity index is 2.92. The summed E-state index contributed by atoms with van der Waals surface area (Å²) in [7, 11) is 3.53. The van der Waals surface area contributed by atoms with Gasteiger partial charge < -0.3 is 9.30 Å². The molecule has 1 aromatic rings. The van der Waals surface area contributed by atoms with E-state index in [1.807, 2.05) is 19.2 Å². The first kappa shape index (κ1) is 5.22. The molecule has 0 atom stereocenters. The van der Waals surface area contributed by atoms with Crippen molar-refractivity contribution in [1.29, 1.82) is 0 Å². The molecule has 0 aromatic carbocycles. The van der Waals surface area contributed by atoms with Gasteiger partial charge in [0.05, 0.1) is 13.3 Å². The number of nitrogens with zero attached hydrogens (tertiary/aromatic N) is 1. The van der Waals surface area contributed by atoms with E-state index in [1.54, 1.807) is 11.7 Å². The molecule has 0 aliphatic carbocycles. The summed E-state index contributed by atoms with van der Waals surface area (Å²) in [5.74, 6) is 0.838. The number of aromatic nitrogens is 1. The van der Waals surface area contributed by atoms with Crippen molar-refractivity contribution in [2.24, 2.45) is 7.05 Å². The average molecular weight is 110 g/mol. The Kier molecular flexibility index (Phi) is 1.24. The van der Waals surface area contributed by atoms with E-state index in [0.29, 0.717) is 0 Å². The van der Waals surface area contributed by atoms with Crippen LogP contribution in [0.25, 0.3) is 0 Å². The largest absolute Gasteiger partial charge is 0.482 e. The molecule has 0 saturated carbocycles. The maximum absolute atomic E-state index is 4.92. The molecule has 0 spiro atoms. The van der Waals surface area contributed by atoms with E-state index in [-0.39, 0.29) is 0 Å². The van der Waals surface area contributed by atoms with Gasteiger partial charge in [0.15, 0.2) is 5.88 Å². The first-order chi connectivity index (χ1) is 3.84. The molecule has 0 amide bonds. The van der Waals surface area contributed by atoms with Gasteiger partial charge in [0.1, 0.15) is 0 Å². The normalized spacial score (nSPS) is 9.25. The summed E-state index contributed by atoms with van der Waals surface area (Å²) in [6, 6.07) is 3.68. The van der Waals surface area contributed by atoms with Gasteiger partial charge in [0.2, 0.25) is 0 Å². The summed E-state index contributed by atoms with van der Waals surface area (Å²) >= 11 is 0. The second-order valence-corrected chi connectivity index (χ2v) is 1.56. The second kappa shape index (κ2) is 1.90. The van der Waals surface area contributed by atoms with Crippen LogP contribution in [-0.4, -0.2) is 11.7 Å². The van der Waals surface area contributed by atoms with Crippen LogP contribution in [0.2, 0.25) is 0 Å². The molecule has 0 unspecified atom stereocenters. The van der Waals surface area contributed by atoms with Crippen molar-refractivity contribution in [3.8, 4) is 5.88 Å². The van der Waals surface area contributed by atoms with E-state index in [9.17, 15) is 0 Å². The first-order valence-electron chi connectivity index (χ1n) is 2.42. The lowest BCUT2D eigenvalue weighted by Gasteiger charge is -1.96. The Hall–Kier alpha value is -0.920. The van der Waals surface area contributed by atoms with Gasteiger partial charge in [0, 0.05) is 13.1 Å². The SMILES string of the molecule is COc1cc[c]n1C. The van der Waals surface area contributed by atoms with Gasteiger partial charge in [-0.05, 0) is 6.07 Å². The van der Waals surface area contributed by atoms with Crippen molar-refractivity contribution >= 4 is 0 Å². The third-order valence-corrected chi connectivity index (χ3v) is 1.03. The third-order valence-electron chi connectivity index (χ3n) is 1.03. The van der Waals surface area contributed by atoms with Crippen molar-refractivity contribution in [2.75, 3.05) is 7.11 Å². The van der Waals surface area contributed by atoms with Gasteiger partial charge >= 0.3 is 0 Å². The minimum Gasteiger partial charge on any atom is -0.482 e. The molecule has 1 radical (unpaired) electrons. The molecule has 1 rings (SSSR count). The molecular weight excluding hydrogens is 102 g/mol. The monoisotopic (exact) mass is 110 g/mol. The molecule has 0 N–H and O–H groups in total. The fourth-order valence-corrected chi connectivity index (χ4v) is 0.601. The minimum absolute atomic E-state index is 0.838. The summed E-state index contributed by atoms with van der Waals surface area (Å²) in [5, 5.41) is 0. The van der Waals surface area contributed by atoms with Crippen molar-refractivity contribution in [3.05, 3.63) is 18.3 Å². The van der Waals surface area contributed by atoms with Crippen molar-refractivity contribution in [3.63, 3.8) is 0 Å². The number of aryl methyl sites for hydroxylation is 1. The zero-order valence-electron chi connectivity index (χ0n) is 5.01. The van der Waals surface area contributed by atoms with Crippen molar-refractivity contribution in [1.82, 2.24) is 4.57 Å². The zero-order chi connectivity index (χ0) is 5.98. The maximum atomic E-state index is 4.92. The van der Waals surface area contributed by atoms with Gasteiger partial charge in [-0.1, -0.05) is 0 Å². The number of methoxy groups -OCH3 is 1. The fraction of sp³-hybridized carbons (Fsp3) is 0.333. The van der Waals surface area contributed by atoms with E-state index < -0.39 is 0 Å². The van der Waals surface area contributed by atoms with Crippen LogP contribution in [-0.2, 0) is 7.05 Å². The van der Waals surface area contributed by atoms with Gasteiger partial charge in [-0.3, -0.25) is 0 Å².